The first kappa shape index (κ1) is 17.9. The summed E-state index contributed by atoms with van der Waals surface area (Å²) in [7, 11) is 1.52. The van der Waals surface area contributed by atoms with Crippen molar-refractivity contribution in [1.82, 2.24) is 25.6 Å². The van der Waals surface area contributed by atoms with Crippen LogP contribution in [0.1, 0.15) is 10.5 Å². The predicted molar refractivity (Wildman–Crippen MR) is 89.9 cm³/mol. The number of carbonyl (C=O) groups is 1. The first-order valence-electron chi connectivity index (χ1n) is 6.63. The van der Waals surface area contributed by atoms with Crippen LogP contribution in [0.5, 0.6) is 5.75 Å². The van der Waals surface area contributed by atoms with Crippen LogP contribution in [-0.4, -0.2) is 68.2 Å². The zero-order chi connectivity index (χ0) is 16.2. The van der Waals surface area contributed by atoms with Crippen molar-refractivity contribution < 1.29 is 9.53 Å². The Hall–Kier alpha value is -2.49. The molecule has 24 heavy (non-hydrogen) atoms. The first-order chi connectivity index (χ1) is 11.2. The van der Waals surface area contributed by atoms with Gasteiger partial charge >= 0.3 is 29.6 Å². The predicted octanol–water partition coefficient (Wildman–Crippen LogP) is 0.456. The number of aromatic nitrogens is 5. The van der Waals surface area contributed by atoms with Crippen LogP contribution in [0.4, 0.5) is 11.6 Å². The van der Waals surface area contributed by atoms with Gasteiger partial charge in [-0.05, 0) is 22.6 Å². The third kappa shape index (κ3) is 4.07. The Balaban J connectivity index is 0.00000208. The normalized spacial score (nSPS) is 9.88. The van der Waals surface area contributed by atoms with Crippen LogP contribution in [0.25, 0.3) is 11.3 Å². The number of nitrogens with zero attached hydrogens (tertiary/aromatic N) is 4. The van der Waals surface area contributed by atoms with Crippen molar-refractivity contribution in [3.8, 4) is 17.0 Å². The van der Waals surface area contributed by atoms with Crippen LogP contribution >= 0.6 is 0 Å². The van der Waals surface area contributed by atoms with Crippen LogP contribution in [0, 0.1) is 0 Å². The van der Waals surface area contributed by atoms with E-state index in [2.05, 4.69) is 30.9 Å². The summed E-state index contributed by atoms with van der Waals surface area (Å²) in [6, 6.07) is 10.4. The van der Waals surface area contributed by atoms with E-state index in [1.54, 1.807) is 18.2 Å². The van der Waals surface area contributed by atoms with Gasteiger partial charge in [0.25, 0.3) is 5.91 Å². The fraction of sp³-hybridized carbons (Fsp3) is 0.0714. The van der Waals surface area contributed by atoms with Crippen LogP contribution in [-0.2, 0) is 0 Å². The molecule has 118 valence electrons. The molecule has 3 aromatic rings. The van der Waals surface area contributed by atoms with Gasteiger partial charge in [0.2, 0.25) is 5.95 Å². The molecule has 9 nitrogen and oxygen atoms in total. The fourth-order valence-electron chi connectivity index (χ4n) is 1.93. The molecule has 0 atom stereocenters. The number of methoxy groups -OCH3 is 1. The Labute approximate surface area is 159 Å². The summed E-state index contributed by atoms with van der Waals surface area (Å²) in [6.45, 7) is 0. The van der Waals surface area contributed by atoms with E-state index >= 15 is 0 Å². The Kier molecular flexibility index (Phi) is 5.85. The molecule has 0 aliphatic rings. The monoisotopic (exact) mass is 335 g/mol. The number of ether oxygens (including phenoxy) is 1. The quantitative estimate of drug-likeness (QED) is 0.466. The summed E-state index contributed by atoms with van der Waals surface area (Å²) < 4.78 is 5.23. The molecule has 3 rings (SSSR count). The van der Waals surface area contributed by atoms with Gasteiger partial charge in [-0.25, -0.2) is 10.1 Å². The van der Waals surface area contributed by atoms with Crippen molar-refractivity contribution in [3.05, 3.63) is 42.1 Å². The van der Waals surface area contributed by atoms with Gasteiger partial charge in [-0.15, -0.1) is 0 Å². The van der Waals surface area contributed by atoms with Crippen LogP contribution in [0.2, 0.25) is 0 Å². The number of rotatable bonds is 4. The number of aromatic amines is 1. The molecule has 0 saturated carbocycles. The molecule has 2 heterocycles. The zero-order valence-corrected chi connectivity index (χ0v) is 12.1. The average Bonchev–Trinajstić information content (AvgIpc) is 3.08. The summed E-state index contributed by atoms with van der Waals surface area (Å²) in [4.78, 5) is 16.6. The molecule has 2 aromatic heterocycles. The van der Waals surface area contributed by atoms with Gasteiger partial charge in [0.1, 0.15) is 11.4 Å². The summed E-state index contributed by atoms with van der Waals surface area (Å²) in [5.74, 6) is 0.181. The maximum atomic E-state index is 12.3. The molecule has 4 N–H and O–H groups in total. The molecule has 0 fully saturated rings. The summed E-state index contributed by atoms with van der Waals surface area (Å²) >= 11 is 0. The fourth-order valence-corrected chi connectivity index (χ4v) is 1.93. The number of pyridine rings is 1. The Morgan fingerprint density at radius 2 is 2.00 bits per heavy atom. The number of anilines is 2. The number of nitrogen functional groups attached to an aromatic ring is 1. The van der Waals surface area contributed by atoms with Crippen molar-refractivity contribution >= 4 is 47.1 Å². The van der Waals surface area contributed by atoms with Crippen molar-refractivity contribution in [3.63, 3.8) is 0 Å². The minimum absolute atomic E-state index is 0. The van der Waals surface area contributed by atoms with Gasteiger partial charge in [-0.1, -0.05) is 17.2 Å². The molecule has 10 heteroatoms. The Bertz CT molecular complexity index is 822. The van der Waals surface area contributed by atoms with Crippen molar-refractivity contribution in [2.75, 3.05) is 18.2 Å². The number of hydrogen-bond donors (Lipinski definition) is 3. The van der Waals surface area contributed by atoms with E-state index < -0.39 is 5.91 Å². The number of hydrogen-bond acceptors (Lipinski definition) is 7. The van der Waals surface area contributed by atoms with Crippen molar-refractivity contribution in [2.45, 2.75) is 0 Å². The number of carbonyl (C=O) groups excluding carboxylic acids is 1. The van der Waals surface area contributed by atoms with Crippen molar-refractivity contribution in [2.24, 2.45) is 0 Å². The standard InChI is InChI=1S/C14H13N7O2.Na.H/c1-23-10-6-11(8-2-4-9(15)5-3-8)16-12(7-10)13(22)17-14-18-20-21-19-14;;/h2-7H,15H2,1H3,(H2,17,18,19,20,21,22);;. The van der Waals surface area contributed by atoms with Crippen LogP contribution in [0.3, 0.4) is 0 Å². The molecule has 0 spiro atoms. The summed E-state index contributed by atoms with van der Waals surface area (Å²) in [5, 5.41) is 15.3. The second kappa shape index (κ2) is 7.86. The van der Waals surface area contributed by atoms with Gasteiger partial charge < -0.3 is 10.5 Å². The number of tetrazole rings is 1. The van der Waals surface area contributed by atoms with Gasteiger partial charge in [0.15, 0.2) is 0 Å². The Morgan fingerprint density at radius 3 is 2.62 bits per heavy atom. The van der Waals surface area contributed by atoms with Gasteiger partial charge in [0.05, 0.1) is 12.8 Å². The second-order valence-corrected chi connectivity index (χ2v) is 4.60. The summed E-state index contributed by atoms with van der Waals surface area (Å²) in [5.41, 5.74) is 7.90. The number of nitrogens with one attached hydrogen (secondary N) is 2. The number of benzene rings is 1. The first-order valence-corrected chi connectivity index (χ1v) is 6.63. The van der Waals surface area contributed by atoms with E-state index in [-0.39, 0.29) is 41.2 Å². The molecular formula is C14H14N7NaO2. The molecule has 1 amide bonds. The number of amides is 1. The number of nitrogens with two attached hydrogens (primary N) is 1. The molecular weight excluding hydrogens is 321 g/mol. The molecule has 0 aliphatic heterocycles. The van der Waals surface area contributed by atoms with Crippen molar-refractivity contribution in [1.29, 1.82) is 0 Å². The van der Waals surface area contributed by atoms with E-state index in [0.29, 0.717) is 17.1 Å². The van der Waals surface area contributed by atoms with Crippen LogP contribution < -0.4 is 15.8 Å². The maximum absolute atomic E-state index is 12.3. The number of H-pyrrole nitrogens is 1. The van der Waals surface area contributed by atoms with Crippen LogP contribution in [0.15, 0.2) is 36.4 Å². The second-order valence-electron chi connectivity index (χ2n) is 4.60. The third-order valence-corrected chi connectivity index (χ3v) is 3.05. The van der Waals surface area contributed by atoms with Gasteiger partial charge in [-0.2, -0.15) is 0 Å². The average molecular weight is 335 g/mol. The molecule has 1 aromatic carbocycles. The topological polar surface area (TPSA) is 132 Å². The molecule has 0 radical (unpaired) electrons. The van der Waals surface area contributed by atoms with Gasteiger partial charge in [-0.3, -0.25) is 10.1 Å². The molecule has 0 unspecified atom stereocenters. The van der Waals surface area contributed by atoms with E-state index in [1.165, 1.54) is 13.2 Å². The molecule has 0 bridgehead atoms. The SMILES string of the molecule is COc1cc(C(=O)Nc2nnn[nH]2)nc(-c2ccc(N)cc2)c1.[NaH]. The summed E-state index contributed by atoms with van der Waals surface area (Å²) in [6.07, 6.45) is 0. The van der Waals surface area contributed by atoms with E-state index in [1.807, 2.05) is 12.1 Å². The minimum atomic E-state index is -0.459. The zero-order valence-electron chi connectivity index (χ0n) is 12.1. The third-order valence-electron chi connectivity index (χ3n) is 3.05. The van der Waals surface area contributed by atoms with E-state index in [4.69, 9.17) is 10.5 Å². The van der Waals surface area contributed by atoms with Gasteiger partial charge in [0, 0.05) is 23.4 Å². The molecule has 0 saturated heterocycles. The van der Waals surface area contributed by atoms with E-state index in [0.717, 1.165) is 5.56 Å². The van der Waals surface area contributed by atoms with E-state index in [9.17, 15) is 4.79 Å². The molecule has 0 aliphatic carbocycles. The Morgan fingerprint density at radius 1 is 1.25 bits per heavy atom.